The Morgan fingerprint density at radius 1 is 1.14 bits per heavy atom. The van der Waals surface area contributed by atoms with Crippen LogP contribution in [0.5, 0.6) is 11.5 Å². The second-order valence-corrected chi connectivity index (χ2v) is 6.73. The average molecular weight is 413 g/mol. The van der Waals surface area contributed by atoms with Crippen molar-refractivity contribution in [2.45, 2.75) is 18.6 Å². The van der Waals surface area contributed by atoms with Crippen LogP contribution in [-0.2, 0) is 0 Å². The maximum atomic E-state index is 6.31. The Hall–Kier alpha value is -1.04. The van der Waals surface area contributed by atoms with Crippen molar-refractivity contribution in [3.63, 3.8) is 0 Å². The molecule has 0 bridgehead atoms. The summed E-state index contributed by atoms with van der Waals surface area (Å²) in [6.45, 7) is 0. The zero-order chi connectivity index (χ0) is 15.0. The number of hydrogen-bond acceptors (Lipinski definition) is 3. The molecule has 0 radical (unpaired) electrons. The van der Waals surface area contributed by atoms with Crippen molar-refractivity contribution >= 4 is 31.9 Å². The quantitative estimate of drug-likeness (QED) is 0.774. The van der Waals surface area contributed by atoms with E-state index in [1.807, 2.05) is 24.3 Å². The second-order valence-electron chi connectivity index (χ2n) is 5.03. The molecule has 0 saturated heterocycles. The molecule has 1 aliphatic rings. The highest BCUT2D eigenvalue weighted by atomic mass is 79.9. The molecule has 2 aromatic rings. The number of methoxy groups -OCH3 is 1. The monoisotopic (exact) mass is 411 g/mol. The van der Waals surface area contributed by atoms with E-state index in [4.69, 9.17) is 15.2 Å². The first kappa shape index (κ1) is 14.9. The molecule has 110 valence electrons. The van der Waals surface area contributed by atoms with Gasteiger partial charge in [-0.25, -0.2) is 0 Å². The van der Waals surface area contributed by atoms with Crippen LogP contribution in [0.15, 0.2) is 45.3 Å². The van der Waals surface area contributed by atoms with Gasteiger partial charge in [0.1, 0.15) is 17.6 Å². The fraction of sp³-hybridized carbons (Fsp3) is 0.250. The molecular formula is C16H15Br2NO2. The summed E-state index contributed by atoms with van der Waals surface area (Å²) < 4.78 is 13.4. The van der Waals surface area contributed by atoms with E-state index < -0.39 is 0 Å². The third kappa shape index (κ3) is 2.96. The molecule has 2 N–H and O–H groups in total. The van der Waals surface area contributed by atoms with E-state index >= 15 is 0 Å². The highest BCUT2D eigenvalue weighted by Gasteiger charge is 2.27. The Labute approximate surface area is 140 Å². The predicted molar refractivity (Wildman–Crippen MR) is 89.8 cm³/mol. The number of hydrogen-bond donors (Lipinski definition) is 1. The first-order valence-electron chi connectivity index (χ1n) is 6.63. The Morgan fingerprint density at radius 2 is 1.95 bits per heavy atom. The molecule has 3 rings (SSSR count). The van der Waals surface area contributed by atoms with Crippen LogP contribution in [0.2, 0.25) is 0 Å². The molecule has 0 saturated carbocycles. The highest BCUT2D eigenvalue weighted by molar-refractivity contribution is 9.13. The molecule has 0 fully saturated rings. The van der Waals surface area contributed by atoms with Gasteiger partial charge in [0.25, 0.3) is 0 Å². The van der Waals surface area contributed by atoms with Crippen molar-refractivity contribution in [1.29, 1.82) is 0 Å². The van der Waals surface area contributed by atoms with Crippen LogP contribution in [0.4, 0.5) is 0 Å². The molecule has 2 atom stereocenters. The van der Waals surface area contributed by atoms with Gasteiger partial charge in [0.05, 0.1) is 7.11 Å². The van der Waals surface area contributed by atoms with Gasteiger partial charge in [0.2, 0.25) is 0 Å². The minimum atomic E-state index is -0.0590. The minimum absolute atomic E-state index is 0.0368. The first-order chi connectivity index (χ1) is 10.1. The van der Waals surface area contributed by atoms with Gasteiger partial charge < -0.3 is 15.2 Å². The maximum absolute atomic E-state index is 6.31. The standard InChI is InChI=1S/C16H15Br2NO2/c1-20-10-3-5-15-11(7-10)14(19)8-16(21-15)9-2-4-12(17)13(18)6-9/h2-7,14,16H,8,19H2,1H3. The summed E-state index contributed by atoms with van der Waals surface area (Å²) in [4.78, 5) is 0. The summed E-state index contributed by atoms with van der Waals surface area (Å²) in [6, 6.07) is 11.8. The van der Waals surface area contributed by atoms with Crippen molar-refractivity contribution < 1.29 is 9.47 Å². The minimum Gasteiger partial charge on any atom is -0.497 e. The molecule has 0 spiro atoms. The van der Waals surface area contributed by atoms with Gasteiger partial charge in [-0.05, 0) is 67.8 Å². The molecule has 0 amide bonds. The number of benzene rings is 2. The van der Waals surface area contributed by atoms with Gasteiger partial charge in [0, 0.05) is 27.0 Å². The zero-order valence-corrected chi connectivity index (χ0v) is 14.6. The average Bonchev–Trinajstić information content (AvgIpc) is 2.49. The fourth-order valence-electron chi connectivity index (χ4n) is 2.53. The Balaban J connectivity index is 1.92. The zero-order valence-electron chi connectivity index (χ0n) is 11.5. The normalized spacial score (nSPS) is 20.6. The van der Waals surface area contributed by atoms with Gasteiger partial charge in [-0.15, -0.1) is 0 Å². The SMILES string of the molecule is COc1ccc2c(c1)C(N)CC(c1ccc(Br)c(Br)c1)O2. The molecule has 2 aromatic carbocycles. The Kier molecular flexibility index (Phi) is 4.24. The van der Waals surface area contributed by atoms with E-state index in [0.717, 1.165) is 38.0 Å². The summed E-state index contributed by atoms with van der Waals surface area (Å²) in [5.41, 5.74) is 8.42. The lowest BCUT2D eigenvalue weighted by atomic mass is 9.93. The lowest BCUT2D eigenvalue weighted by molar-refractivity contribution is 0.161. The number of fused-ring (bicyclic) bond motifs is 1. The molecule has 1 heterocycles. The van der Waals surface area contributed by atoms with E-state index in [1.54, 1.807) is 7.11 Å². The molecule has 2 unspecified atom stereocenters. The summed E-state index contributed by atoms with van der Waals surface area (Å²) in [5, 5.41) is 0. The third-order valence-electron chi connectivity index (χ3n) is 3.67. The van der Waals surface area contributed by atoms with Crippen molar-refractivity contribution in [1.82, 2.24) is 0 Å². The van der Waals surface area contributed by atoms with Crippen molar-refractivity contribution in [2.24, 2.45) is 5.73 Å². The lowest BCUT2D eigenvalue weighted by Crippen LogP contribution is -2.24. The van der Waals surface area contributed by atoms with Gasteiger partial charge in [-0.2, -0.15) is 0 Å². The van der Waals surface area contributed by atoms with Crippen LogP contribution in [0, 0.1) is 0 Å². The Morgan fingerprint density at radius 3 is 2.67 bits per heavy atom. The summed E-state index contributed by atoms with van der Waals surface area (Å²) in [7, 11) is 1.65. The van der Waals surface area contributed by atoms with Crippen LogP contribution in [0.25, 0.3) is 0 Å². The van der Waals surface area contributed by atoms with Crippen molar-refractivity contribution in [3.05, 3.63) is 56.5 Å². The highest BCUT2D eigenvalue weighted by Crippen LogP contribution is 2.42. The topological polar surface area (TPSA) is 44.5 Å². The molecule has 0 aromatic heterocycles. The molecule has 3 nitrogen and oxygen atoms in total. The predicted octanol–water partition coefficient (Wildman–Crippen LogP) is 4.74. The van der Waals surface area contributed by atoms with Crippen molar-refractivity contribution in [3.8, 4) is 11.5 Å². The van der Waals surface area contributed by atoms with Gasteiger partial charge in [0.15, 0.2) is 0 Å². The number of ether oxygens (including phenoxy) is 2. The molecule has 0 aliphatic carbocycles. The van der Waals surface area contributed by atoms with Crippen LogP contribution in [-0.4, -0.2) is 7.11 Å². The summed E-state index contributed by atoms with van der Waals surface area (Å²) in [5.74, 6) is 1.64. The fourth-order valence-corrected chi connectivity index (χ4v) is 3.17. The largest absolute Gasteiger partial charge is 0.497 e. The smallest absolute Gasteiger partial charge is 0.126 e. The number of nitrogens with two attached hydrogens (primary N) is 1. The molecule has 1 aliphatic heterocycles. The molecule has 21 heavy (non-hydrogen) atoms. The third-order valence-corrected chi connectivity index (χ3v) is 5.55. The van der Waals surface area contributed by atoms with Gasteiger partial charge in [-0.3, -0.25) is 0 Å². The second kappa shape index (κ2) is 5.99. The van der Waals surface area contributed by atoms with Gasteiger partial charge in [-0.1, -0.05) is 6.07 Å². The van der Waals surface area contributed by atoms with E-state index in [0.29, 0.717) is 0 Å². The Bertz CT molecular complexity index is 675. The maximum Gasteiger partial charge on any atom is 0.126 e. The number of rotatable bonds is 2. The first-order valence-corrected chi connectivity index (χ1v) is 8.22. The molecular weight excluding hydrogens is 398 g/mol. The lowest BCUT2D eigenvalue weighted by Gasteiger charge is -2.31. The van der Waals surface area contributed by atoms with Crippen LogP contribution in [0.3, 0.4) is 0 Å². The van der Waals surface area contributed by atoms with E-state index in [1.165, 1.54) is 0 Å². The van der Waals surface area contributed by atoms with Gasteiger partial charge >= 0.3 is 0 Å². The molecule has 5 heteroatoms. The van der Waals surface area contributed by atoms with Crippen LogP contribution < -0.4 is 15.2 Å². The van der Waals surface area contributed by atoms with Crippen LogP contribution in [0.1, 0.15) is 29.7 Å². The number of halogens is 2. The summed E-state index contributed by atoms with van der Waals surface area (Å²) >= 11 is 7.01. The van der Waals surface area contributed by atoms with E-state index in [9.17, 15) is 0 Å². The van der Waals surface area contributed by atoms with E-state index in [-0.39, 0.29) is 12.1 Å². The van der Waals surface area contributed by atoms with E-state index in [2.05, 4.69) is 44.0 Å². The summed E-state index contributed by atoms with van der Waals surface area (Å²) in [6.07, 6.45) is 0.708. The van der Waals surface area contributed by atoms with Crippen molar-refractivity contribution in [2.75, 3.05) is 7.11 Å². The van der Waals surface area contributed by atoms with Crippen LogP contribution >= 0.6 is 31.9 Å².